The summed E-state index contributed by atoms with van der Waals surface area (Å²) >= 11 is 0. The number of nitrogens with zero attached hydrogens (tertiary/aromatic N) is 3. The van der Waals surface area contributed by atoms with Gasteiger partial charge in [-0.15, -0.1) is 0 Å². The van der Waals surface area contributed by atoms with E-state index in [1.807, 2.05) is 24.5 Å². The SMILES string of the molecule is O=c1ccccn1-c1ccc(CC2CN=CN2Cc2ccc3ccccc3c2)cc1. The van der Waals surface area contributed by atoms with Gasteiger partial charge in [0.1, 0.15) is 0 Å². The van der Waals surface area contributed by atoms with Crippen LogP contribution < -0.4 is 5.56 Å². The maximum atomic E-state index is 12.0. The molecule has 0 N–H and O–H groups in total. The van der Waals surface area contributed by atoms with Crippen LogP contribution in [0.2, 0.25) is 0 Å². The molecule has 5 rings (SSSR count). The Balaban J connectivity index is 1.29. The number of rotatable bonds is 5. The van der Waals surface area contributed by atoms with Crippen LogP contribution in [0.3, 0.4) is 0 Å². The monoisotopic (exact) mass is 393 g/mol. The fraction of sp³-hybridized carbons (Fsp3) is 0.154. The lowest BCUT2D eigenvalue weighted by Gasteiger charge is -2.24. The number of benzene rings is 3. The second kappa shape index (κ2) is 7.99. The Morgan fingerprint density at radius 2 is 1.60 bits per heavy atom. The van der Waals surface area contributed by atoms with Gasteiger partial charge in [0, 0.05) is 24.5 Å². The van der Waals surface area contributed by atoms with E-state index in [0.29, 0.717) is 6.04 Å². The summed E-state index contributed by atoms with van der Waals surface area (Å²) in [4.78, 5) is 18.9. The highest BCUT2D eigenvalue weighted by molar-refractivity contribution is 5.83. The average molecular weight is 393 g/mol. The summed E-state index contributed by atoms with van der Waals surface area (Å²) in [6.07, 6.45) is 4.71. The number of aliphatic imine (C=N–C) groups is 1. The van der Waals surface area contributed by atoms with E-state index in [1.165, 1.54) is 21.9 Å². The van der Waals surface area contributed by atoms with Crippen molar-refractivity contribution in [3.05, 3.63) is 113 Å². The van der Waals surface area contributed by atoms with Gasteiger partial charge in [-0.25, -0.2) is 0 Å². The van der Waals surface area contributed by atoms with Gasteiger partial charge in [-0.3, -0.25) is 14.4 Å². The third kappa shape index (κ3) is 3.77. The van der Waals surface area contributed by atoms with Crippen LogP contribution in [0.25, 0.3) is 16.5 Å². The highest BCUT2D eigenvalue weighted by Crippen LogP contribution is 2.20. The number of fused-ring (bicyclic) bond motifs is 1. The highest BCUT2D eigenvalue weighted by Gasteiger charge is 2.21. The average Bonchev–Trinajstić information content (AvgIpc) is 3.21. The van der Waals surface area contributed by atoms with Crippen LogP contribution in [-0.4, -0.2) is 28.4 Å². The fourth-order valence-corrected chi connectivity index (χ4v) is 4.08. The smallest absolute Gasteiger partial charge is 0.255 e. The van der Waals surface area contributed by atoms with Crippen LogP contribution in [0.4, 0.5) is 0 Å². The van der Waals surface area contributed by atoms with Gasteiger partial charge in [0.2, 0.25) is 0 Å². The summed E-state index contributed by atoms with van der Waals surface area (Å²) in [6, 6.07) is 28.9. The molecule has 0 amide bonds. The molecule has 0 spiro atoms. The second-order valence-corrected chi connectivity index (χ2v) is 7.77. The van der Waals surface area contributed by atoms with E-state index in [4.69, 9.17) is 0 Å². The molecule has 0 saturated heterocycles. The summed E-state index contributed by atoms with van der Waals surface area (Å²) in [7, 11) is 0. The van der Waals surface area contributed by atoms with E-state index in [0.717, 1.165) is 25.2 Å². The zero-order chi connectivity index (χ0) is 20.3. The maximum Gasteiger partial charge on any atom is 0.255 e. The fourth-order valence-electron chi connectivity index (χ4n) is 4.08. The topological polar surface area (TPSA) is 37.6 Å². The quantitative estimate of drug-likeness (QED) is 0.503. The third-order valence-corrected chi connectivity index (χ3v) is 5.70. The van der Waals surface area contributed by atoms with Gasteiger partial charge in [-0.1, -0.05) is 54.6 Å². The Labute approximate surface area is 175 Å². The van der Waals surface area contributed by atoms with Gasteiger partial charge in [0.05, 0.1) is 18.9 Å². The van der Waals surface area contributed by atoms with E-state index in [-0.39, 0.29) is 5.56 Å². The Morgan fingerprint density at radius 3 is 2.43 bits per heavy atom. The lowest BCUT2D eigenvalue weighted by atomic mass is 10.0. The third-order valence-electron chi connectivity index (χ3n) is 5.70. The molecular weight excluding hydrogens is 370 g/mol. The summed E-state index contributed by atoms with van der Waals surface area (Å²) in [5, 5.41) is 2.54. The van der Waals surface area contributed by atoms with Crippen LogP contribution in [0, 0.1) is 0 Å². The molecule has 1 aliphatic heterocycles. The molecule has 0 aliphatic carbocycles. The van der Waals surface area contributed by atoms with Gasteiger partial charge < -0.3 is 4.90 Å². The molecule has 4 nitrogen and oxygen atoms in total. The molecule has 0 bridgehead atoms. The molecule has 1 aromatic heterocycles. The van der Waals surface area contributed by atoms with E-state index in [2.05, 4.69) is 64.5 Å². The second-order valence-electron chi connectivity index (χ2n) is 7.77. The molecule has 2 heterocycles. The number of pyridine rings is 1. The Bertz CT molecular complexity index is 1260. The first-order chi connectivity index (χ1) is 14.8. The molecular formula is C26H23N3O. The van der Waals surface area contributed by atoms with Crippen molar-refractivity contribution >= 4 is 17.1 Å². The van der Waals surface area contributed by atoms with E-state index < -0.39 is 0 Å². The van der Waals surface area contributed by atoms with Gasteiger partial charge in [0.15, 0.2) is 0 Å². The number of hydrogen-bond acceptors (Lipinski definition) is 3. The van der Waals surface area contributed by atoms with E-state index in [1.54, 1.807) is 22.9 Å². The molecule has 4 heteroatoms. The predicted octanol–water partition coefficient (Wildman–Crippen LogP) is 4.45. The molecule has 3 aromatic carbocycles. The highest BCUT2D eigenvalue weighted by atomic mass is 16.1. The Morgan fingerprint density at radius 1 is 0.833 bits per heavy atom. The van der Waals surface area contributed by atoms with Crippen LogP contribution in [-0.2, 0) is 13.0 Å². The molecule has 30 heavy (non-hydrogen) atoms. The van der Waals surface area contributed by atoms with E-state index in [9.17, 15) is 4.79 Å². The van der Waals surface area contributed by atoms with Crippen LogP contribution >= 0.6 is 0 Å². The molecule has 1 aliphatic rings. The zero-order valence-corrected chi connectivity index (χ0v) is 16.7. The molecule has 1 unspecified atom stereocenters. The van der Waals surface area contributed by atoms with Crippen molar-refractivity contribution in [3.8, 4) is 5.69 Å². The minimum absolute atomic E-state index is 0.0176. The molecule has 0 saturated carbocycles. The molecule has 4 aromatic rings. The number of aromatic nitrogens is 1. The zero-order valence-electron chi connectivity index (χ0n) is 16.7. The Kier molecular flexibility index (Phi) is 4.89. The first-order valence-corrected chi connectivity index (χ1v) is 10.3. The van der Waals surface area contributed by atoms with Crippen molar-refractivity contribution in [1.29, 1.82) is 0 Å². The number of hydrogen-bond donors (Lipinski definition) is 0. The van der Waals surface area contributed by atoms with Gasteiger partial charge in [0.25, 0.3) is 5.56 Å². The molecule has 1 atom stereocenters. The summed E-state index contributed by atoms with van der Waals surface area (Å²) in [5.41, 5.74) is 3.42. The van der Waals surface area contributed by atoms with Crippen molar-refractivity contribution in [2.24, 2.45) is 4.99 Å². The summed E-state index contributed by atoms with van der Waals surface area (Å²) in [5.74, 6) is 0. The first-order valence-electron chi connectivity index (χ1n) is 10.3. The minimum Gasteiger partial charge on any atom is -0.353 e. The van der Waals surface area contributed by atoms with E-state index >= 15 is 0 Å². The lowest BCUT2D eigenvalue weighted by molar-refractivity contribution is 0.341. The van der Waals surface area contributed by atoms with Crippen molar-refractivity contribution in [1.82, 2.24) is 9.47 Å². The maximum absolute atomic E-state index is 12.0. The molecule has 148 valence electrons. The van der Waals surface area contributed by atoms with Crippen LogP contribution in [0.1, 0.15) is 11.1 Å². The standard InChI is InChI=1S/C26H23N3O/c30-26-7-3-4-14-29(26)24-12-9-20(10-13-24)16-25-17-27-19-28(25)18-21-8-11-22-5-1-2-6-23(22)15-21/h1-15,19,25H,16-18H2. The van der Waals surface area contributed by atoms with Crippen LogP contribution in [0.5, 0.6) is 0 Å². The first kappa shape index (κ1) is 18.4. The summed E-state index contributed by atoms with van der Waals surface area (Å²) < 4.78 is 1.66. The minimum atomic E-state index is -0.0176. The van der Waals surface area contributed by atoms with Gasteiger partial charge >= 0.3 is 0 Å². The van der Waals surface area contributed by atoms with Crippen molar-refractivity contribution in [2.75, 3.05) is 6.54 Å². The Hall–Kier alpha value is -3.66. The van der Waals surface area contributed by atoms with Crippen molar-refractivity contribution in [3.63, 3.8) is 0 Å². The largest absolute Gasteiger partial charge is 0.353 e. The van der Waals surface area contributed by atoms with Gasteiger partial charge in [-0.2, -0.15) is 0 Å². The molecule has 0 radical (unpaired) electrons. The predicted molar refractivity (Wildman–Crippen MR) is 122 cm³/mol. The van der Waals surface area contributed by atoms with Crippen LogP contribution in [0.15, 0.2) is 101 Å². The lowest BCUT2D eigenvalue weighted by Crippen LogP contribution is -2.32. The van der Waals surface area contributed by atoms with Gasteiger partial charge in [-0.05, 0) is 52.6 Å². The summed E-state index contributed by atoms with van der Waals surface area (Å²) in [6.45, 7) is 1.67. The normalized spacial score (nSPS) is 15.7. The molecule has 0 fully saturated rings. The van der Waals surface area contributed by atoms with Crippen molar-refractivity contribution in [2.45, 2.75) is 19.0 Å². The van der Waals surface area contributed by atoms with Crippen molar-refractivity contribution < 1.29 is 0 Å².